The number of rotatable bonds is 1. The summed E-state index contributed by atoms with van der Waals surface area (Å²) in [5, 5.41) is 30.9. The molecule has 4 fully saturated rings. The van der Waals surface area contributed by atoms with Crippen LogP contribution in [0.3, 0.4) is 0 Å². The van der Waals surface area contributed by atoms with Gasteiger partial charge in [0, 0.05) is 5.41 Å². The quantitative estimate of drug-likeness (QED) is 0.695. The van der Waals surface area contributed by atoms with Crippen LogP contribution >= 0.6 is 0 Å². The van der Waals surface area contributed by atoms with Crippen molar-refractivity contribution in [2.45, 2.75) is 83.3 Å². The summed E-state index contributed by atoms with van der Waals surface area (Å²) in [6.07, 6.45) is 9.69. The zero-order valence-electron chi connectivity index (χ0n) is 14.8. The third-order valence-electron chi connectivity index (χ3n) is 9.22. The Morgan fingerprint density at radius 3 is 2.39 bits per heavy atom. The third-order valence-corrected chi connectivity index (χ3v) is 9.22. The van der Waals surface area contributed by atoms with Gasteiger partial charge in [0.05, 0.1) is 18.3 Å². The van der Waals surface area contributed by atoms with Crippen LogP contribution < -0.4 is 0 Å². The number of aliphatic hydroxyl groups excluding tert-OH is 2. The molecule has 0 aromatic carbocycles. The zero-order valence-corrected chi connectivity index (χ0v) is 14.8. The predicted octanol–water partition coefficient (Wildman–Crippen LogP) is 3.11. The molecule has 0 radical (unpaired) electrons. The molecule has 8 atom stereocenters. The third kappa shape index (κ3) is 2.05. The van der Waals surface area contributed by atoms with Gasteiger partial charge in [-0.1, -0.05) is 13.8 Å². The zero-order chi connectivity index (χ0) is 16.5. The lowest BCUT2D eigenvalue weighted by Gasteiger charge is -2.61. The first-order chi connectivity index (χ1) is 10.8. The molecule has 4 aliphatic carbocycles. The van der Waals surface area contributed by atoms with E-state index in [0.717, 1.165) is 38.0 Å². The minimum atomic E-state index is -0.858. The lowest BCUT2D eigenvalue weighted by Crippen LogP contribution is -2.57. The summed E-state index contributed by atoms with van der Waals surface area (Å²) in [6, 6.07) is 0. The second kappa shape index (κ2) is 5.19. The van der Waals surface area contributed by atoms with E-state index in [1.807, 2.05) is 0 Å². The average molecular weight is 322 g/mol. The molecule has 0 bridgehead atoms. The summed E-state index contributed by atoms with van der Waals surface area (Å²) in [7, 11) is 0. The minimum absolute atomic E-state index is 0.0792. The van der Waals surface area contributed by atoms with Crippen molar-refractivity contribution >= 4 is 0 Å². The van der Waals surface area contributed by atoms with Crippen LogP contribution in [-0.2, 0) is 0 Å². The van der Waals surface area contributed by atoms with Crippen molar-refractivity contribution in [2.75, 3.05) is 6.61 Å². The summed E-state index contributed by atoms with van der Waals surface area (Å²) in [5.74, 6) is 2.73. The highest BCUT2D eigenvalue weighted by Crippen LogP contribution is 2.68. The SMILES string of the molecule is C[C@]12CC[C@@H](O)C[C@@H]1CC[C@@H]1[C@@H]2CC[C@@]2(C)[C@H]1CC[C@@]2(O)CO. The van der Waals surface area contributed by atoms with Crippen molar-refractivity contribution in [1.29, 1.82) is 0 Å². The molecule has 3 nitrogen and oxygen atoms in total. The van der Waals surface area contributed by atoms with Crippen LogP contribution in [0, 0.1) is 34.5 Å². The molecule has 0 unspecified atom stereocenters. The molecule has 4 aliphatic rings. The van der Waals surface area contributed by atoms with Crippen LogP contribution in [0.1, 0.15) is 71.6 Å². The first-order valence-electron chi connectivity index (χ1n) is 9.85. The molecule has 0 saturated heterocycles. The largest absolute Gasteiger partial charge is 0.393 e. The molecule has 132 valence electrons. The second-order valence-electron chi connectivity index (χ2n) is 9.77. The number of aliphatic hydroxyl groups is 3. The fourth-order valence-electron chi connectivity index (χ4n) is 7.61. The Morgan fingerprint density at radius 1 is 0.913 bits per heavy atom. The van der Waals surface area contributed by atoms with Crippen molar-refractivity contribution in [3.05, 3.63) is 0 Å². The van der Waals surface area contributed by atoms with E-state index in [0.29, 0.717) is 23.2 Å². The van der Waals surface area contributed by atoms with Crippen molar-refractivity contribution in [3.8, 4) is 0 Å². The molecule has 0 aromatic heterocycles. The Kier molecular flexibility index (Phi) is 3.69. The summed E-state index contributed by atoms with van der Waals surface area (Å²) in [6.45, 7) is 4.66. The van der Waals surface area contributed by atoms with Crippen LogP contribution in [0.2, 0.25) is 0 Å². The van der Waals surface area contributed by atoms with Crippen molar-refractivity contribution in [1.82, 2.24) is 0 Å². The van der Waals surface area contributed by atoms with Gasteiger partial charge in [-0.3, -0.25) is 0 Å². The van der Waals surface area contributed by atoms with E-state index in [-0.39, 0.29) is 18.1 Å². The van der Waals surface area contributed by atoms with Gasteiger partial charge in [-0.25, -0.2) is 0 Å². The minimum Gasteiger partial charge on any atom is -0.393 e. The normalized spacial score (nSPS) is 59.1. The highest BCUT2D eigenvalue weighted by molar-refractivity contribution is 5.13. The monoisotopic (exact) mass is 322 g/mol. The van der Waals surface area contributed by atoms with Gasteiger partial charge in [-0.15, -0.1) is 0 Å². The number of fused-ring (bicyclic) bond motifs is 5. The van der Waals surface area contributed by atoms with Crippen molar-refractivity contribution in [3.63, 3.8) is 0 Å². The molecular formula is C20H34O3. The highest BCUT2D eigenvalue weighted by atomic mass is 16.3. The van der Waals surface area contributed by atoms with Crippen molar-refractivity contribution in [2.24, 2.45) is 34.5 Å². The highest BCUT2D eigenvalue weighted by Gasteiger charge is 2.64. The number of hydrogen-bond acceptors (Lipinski definition) is 3. The van der Waals surface area contributed by atoms with Gasteiger partial charge >= 0.3 is 0 Å². The van der Waals surface area contributed by atoms with Gasteiger partial charge in [0.15, 0.2) is 0 Å². The molecule has 4 saturated carbocycles. The Bertz CT molecular complexity index is 480. The lowest BCUT2D eigenvalue weighted by molar-refractivity contribution is -0.168. The van der Waals surface area contributed by atoms with E-state index < -0.39 is 5.60 Å². The maximum atomic E-state index is 11.0. The van der Waals surface area contributed by atoms with Gasteiger partial charge in [-0.05, 0) is 86.9 Å². The molecule has 3 heteroatoms. The van der Waals surface area contributed by atoms with E-state index in [1.165, 1.54) is 25.7 Å². The summed E-state index contributed by atoms with van der Waals surface area (Å²) in [5.41, 5.74) is -0.563. The number of hydrogen-bond donors (Lipinski definition) is 3. The molecular weight excluding hydrogens is 288 g/mol. The molecule has 0 aliphatic heterocycles. The van der Waals surface area contributed by atoms with Crippen LogP contribution in [0.15, 0.2) is 0 Å². The van der Waals surface area contributed by atoms with E-state index in [2.05, 4.69) is 13.8 Å². The maximum Gasteiger partial charge on any atom is 0.0933 e. The molecule has 3 N–H and O–H groups in total. The maximum absolute atomic E-state index is 11.0. The Morgan fingerprint density at radius 2 is 1.65 bits per heavy atom. The predicted molar refractivity (Wildman–Crippen MR) is 89.8 cm³/mol. The van der Waals surface area contributed by atoms with Crippen LogP contribution in [0.25, 0.3) is 0 Å². The van der Waals surface area contributed by atoms with Gasteiger partial charge in [0.25, 0.3) is 0 Å². The summed E-state index contributed by atoms with van der Waals surface area (Å²) in [4.78, 5) is 0. The van der Waals surface area contributed by atoms with Gasteiger partial charge in [0.1, 0.15) is 0 Å². The van der Waals surface area contributed by atoms with E-state index >= 15 is 0 Å². The fourth-order valence-corrected chi connectivity index (χ4v) is 7.61. The van der Waals surface area contributed by atoms with E-state index in [1.54, 1.807) is 0 Å². The second-order valence-corrected chi connectivity index (χ2v) is 9.77. The molecule has 0 amide bonds. The first-order valence-corrected chi connectivity index (χ1v) is 9.85. The Labute approximate surface area is 140 Å². The molecule has 4 rings (SSSR count). The fraction of sp³-hybridized carbons (Fsp3) is 1.00. The molecule has 0 aromatic rings. The van der Waals surface area contributed by atoms with Gasteiger partial charge in [0.2, 0.25) is 0 Å². The van der Waals surface area contributed by atoms with E-state index in [4.69, 9.17) is 0 Å². The topological polar surface area (TPSA) is 60.7 Å². The van der Waals surface area contributed by atoms with Gasteiger partial charge < -0.3 is 15.3 Å². The smallest absolute Gasteiger partial charge is 0.0933 e. The summed E-state index contributed by atoms with van der Waals surface area (Å²) >= 11 is 0. The average Bonchev–Trinajstić information content (AvgIpc) is 2.80. The summed E-state index contributed by atoms with van der Waals surface area (Å²) < 4.78 is 0. The Balaban J connectivity index is 1.63. The lowest BCUT2D eigenvalue weighted by atomic mass is 9.44. The van der Waals surface area contributed by atoms with E-state index in [9.17, 15) is 15.3 Å². The van der Waals surface area contributed by atoms with Crippen LogP contribution in [0.5, 0.6) is 0 Å². The molecule has 23 heavy (non-hydrogen) atoms. The Hall–Kier alpha value is -0.120. The first kappa shape index (κ1) is 16.4. The standard InChI is InChI=1S/C20H34O3/c1-18-8-5-14(22)11-13(18)3-4-15-16(18)6-9-19(2)17(15)7-10-20(19,23)12-21/h13-17,21-23H,3-12H2,1-2H3/t13-,14+,15+,16-,17-,18-,19-,20+/m0/s1. The molecule has 0 heterocycles. The van der Waals surface area contributed by atoms with Crippen LogP contribution in [0.4, 0.5) is 0 Å². The molecule has 0 spiro atoms. The van der Waals surface area contributed by atoms with Gasteiger partial charge in [-0.2, -0.15) is 0 Å². The van der Waals surface area contributed by atoms with Crippen LogP contribution in [-0.4, -0.2) is 33.6 Å². The van der Waals surface area contributed by atoms with Crippen molar-refractivity contribution < 1.29 is 15.3 Å².